The zero-order chi connectivity index (χ0) is 9.90. The molecule has 0 radical (unpaired) electrons. The summed E-state index contributed by atoms with van der Waals surface area (Å²) in [7, 11) is 0. The number of rotatable bonds is 2. The molecule has 0 aliphatic carbocycles. The van der Waals surface area contributed by atoms with Crippen molar-refractivity contribution in [2.75, 3.05) is 19.6 Å². The summed E-state index contributed by atoms with van der Waals surface area (Å²) in [5.41, 5.74) is 0. The minimum Gasteiger partial charge on any atom is -0.332 e. The van der Waals surface area contributed by atoms with Crippen LogP contribution in [-0.4, -0.2) is 36.5 Å². The maximum atomic E-state index is 12.3. The first-order valence-electron chi connectivity index (χ1n) is 4.40. The topological polar surface area (TPSA) is 32.3 Å². The van der Waals surface area contributed by atoms with Crippen LogP contribution in [0.4, 0.5) is 13.6 Å². The van der Waals surface area contributed by atoms with E-state index in [0.29, 0.717) is 13.1 Å². The number of hydrogen-bond acceptors (Lipinski definition) is 1. The molecule has 13 heavy (non-hydrogen) atoms. The van der Waals surface area contributed by atoms with Gasteiger partial charge in [0, 0.05) is 20.0 Å². The van der Waals surface area contributed by atoms with E-state index >= 15 is 0 Å². The van der Waals surface area contributed by atoms with Gasteiger partial charge in [-0.1, -0.05) is 0 Å². The van der Waals surface area contributed by atoms with Crippen LogP contribution < -0.4 is 5.32 Å². The zero-order valence-electron chi connectivity index (χ0n) is 7.65. The van der Waals surface area contributed by atoms with E-state index in [1.807, 2.05) is 0 Å². The van der Waals surface area contributed by atoms with Gasteiger partial charge in [-0.3, -0.25) is 0 Å². The number of hydrogen-bond donors (Lipinski definition) is 1. The summed E-state index contributed by atoms with van der Waals surface area (Å²) in [6.45, 7) is 1.57. The fourth-order valence-corrected chi connectivity index (χ4v) is 1.26. The first-order valence-corrected chi connectivity index (χ1v) is 4.40. The molecule has 0 saturated carbocycles. The molecule has 1 heterocycles. The molecule has 0 atom stereocenters. The normalized spacial score (nSPS) is 17.6. The van der Waals surface area contributed by atoms with Gasteiger partial charge in [0.1, 0.15) is 0 Å². The Balaban J connectivity index is 2.25. The summed E-state index contributed by atoms with van der Waals surface area (Å²) in [5.74, 6) is -2.82. The number of likely N-dealkylation sites (tertiary alicyclic amines) is 1. The molecule has 0 bridgehead atoms. The molecule has 3 nitrogen and oxygen atoms in total. The van der Waals surface area contributed by atoms with E-state index in [9.17, 15) is 13.6 Å². The van der Waals surface area contributed by atoms with E-state index in [-0.39, 0.29) is 6.03 Å². The van der Waals surface area contributed by atoms with Gasteiger partial charge >= 0.3 is 6.03 Å². The van der Waals surface area contributed by atoms with Crippen LogP contribution in [0.15, 0.2) is 0 Å². The molecule has 0 spiro atoms. The molecule has 0 aromatic heterocycles. The van der Waals surface area contributed by atoms with Crippen molar-refractivity contribution in [3.05, 3.63) is 0 Å². The van der Waals surface area contributed by atoms with Crippen LogP contribution >= 0.6 is 0 Å². The summed E-state index contributed by atoms with van der Waals surface area (Å²) >= 11 is 0. The lowest BCUT2D eigenvalue weighted by molar-refractivity contribution is 0.0242. The second-order valence-corrected chi connectivity index (χ2v) is 3.42. The average molecular weight is 192 g/mol. The fourth-order valence-electron chi connectivity index (χ4n) is 1.26. The zero-order valence-corrected chi connectivity index (χ0v) is 7.65. The van der Waals surface area contributed by atoms with Crippen molar-refractivity contribution < 1.29 is 13.6 Å². The van der Waals surface area contributed by atoms with Crippen molar-refractivity contribution >= 4 is 6.03 Å². The molecular weight excluding hydrogens is 178 g/mol. The standard InChI is InChI=1S/C8H14F2N2O/c1-8(9,10)6-11-7(13)12-4-2-3-5-12/h2-6H2,1H3,(H,11,13). The predicted molar refractivity (Wildman–Crippen MR) is 44.8 cm³/mol. The van der Waals surface area contributed by atoms with E-state index in [1.54, 1.807) is 4.90 Å². The Kier molecular flexibility index (Phi) is 3.06. The largest absolute Gasteiger partial charge is 0.332 e. The van der Waals surface area contributed by atoms with Gasteiger partial charge in [0.2, 0.25) is 0 Å². The maximum absolute atomic E-state index is 12.3. The number of urea groups is 1. The SMILES string of the molecule is CC(F)(F)CNC(=O)N1CCCC1. The van der Waals surface area contributed by atoms with Crippen LogP contribution in [0.2, 0.25) is 0 Å². The molecule has 1 aliphatic heterocycles. The summed E-state index contributed by atoms with van der Waals surface area (Å²) in [6.07, 6.45) is 1.94. The van der Waals surface area contributed by atoms with E-state index in [4.69, 9.17) is 0 Å². The van der Waals surface area contributed by atoms with Crippen molar-refractivity contribution in [2.45, 2.75) is 25.7 Å². The number of nitrogens with one attached hydrogen (secondary N) is 1. The average Bonchev–Trinajstić information content (AvgIpc) is 2.50. The molecular formula is C8H14F2N2O. The highest BCUT2D eigenvalue weighted by atomic mass is 19.3. The molecule has 1 aliphatic rings. The number of halogens is 2. The Labute approximate surface area is 76.1 Å². The van der Waals surface area contributed by atoms with Crippen molar-refractivity contribution in [3.8, 4) is 0 Å². The quantitative estimate of drug-likeness (QED) is 0.705. The molecule has 0 aromatic carbocycles. The Bertz CT molecular complexity index is 185. The lowest BCUT2D eigenvalue weighted by Crippen LogP contribution is -2.42. The summed E-state index contributed by atoms with van der Waals surface area (Å²) in [6, 6.07) is -0.376. The highest BCUT2D eigenvalue weighted by Gasteiger charge is 2.24. The first kappa shape index (κ1) is 10.2. The van der Waals surface area contributed by atoms with E-state index in [0.717, 1.165) is 19.8 Å². The van der Waals surface area contributed by atoms with E-state index in [2.05, 4.69) is 5.32 Å². The van der Waals surface area contributed by atoms with Crippen LogP contribution in [0, 0.1) is 0 Å². The summed E-state index contributed by atoms with van der Waals surface area (Å²) < 4.78 is 24.7. The van der Waals surface area contributed by atoms with Gasteiger partial charge in [-0.05, 0) is 12.8 Å². The highest BCUT2D eigenvalue weighted by molar-refractivity contribution is 5.74. The second kappa shape index (κ2) is 3.89. The first-order chi connectivity index (χ1) is 5.99. The van der Waals surface area contributed by atoms with Crippen LogP contribution in [0.5, 0.6) is 0 Å². The molecule has 2 amide bonds. The number of amides is 2. The van der Waals surface area contributed by atoms with Gasteiger partial charge in [-0.25, -0.2) is 13.6 Å². The van der Waals surface area contributed by atoms with Crippen molar-refractivity contribution in [1.82, 2.24) is 10.2 Å². The number of nitrogens with zero attached hydrogens (tertiary/aromatic N) is 1. The molecule has 0 aromatic rings. The lowest BCUT2D eigenvalue weighted by Gasteiger charge is -2.18. The second-order valence-electron chi connectivity index (χ2n) is 3.42. The van der Waals surface area contributed by atoms with Gasteiger partial charge in [0.05, 0.1) is 6.54 Å². The maximum Gasteiger partial charge on any atom is 0.317 e. The Morgan fingerprint density at radius 3 is 2.46 bits per heavy atom. The van der Waals surface area contributed by atoms with Gasteiger partial charge < -0.3 is 10.2 Å². The van der Waals surface area contributed by atoms with Crippen LogP contribution in [0.3, 0.4) is 0 Å². The summed E-state index contributed by atoms with van der Waals surface area (Å²) in [4.78, 5) is 12.7. The van der Waals surface area contributed by atoms with Crippen molar-refractivity contribution in [3.63, 3.8) is 0 Å². The smallest absolute Gasteiger partial charge is 0.317 e. The summed E-state index contributed by atoms with van der Waals surface area (Å²) in [5, 5.41) is 2.20. The molecule has 0 unspecified atom stereocenters. The van der Waals surface area contributed by atoms with Crippen molar-refractivity contribution in [2.24, 2.45) is 0 Å². The lowest BCUT2D eigenvalue weighted by atomic mass is 10.4. The van der Waals surface area contributed by atoms with E-state index < -0.39 is 12.5 Å². The number of carbonyl (C=O) groups excluding carboxylic acids is 1. The van der Waals surface area contributed by atoms with Gasteiger partial charge in [0.15, 0.2) is 0 Å². The third-order valence-electron chi connectivity index (χ3n) is 1.94. The molecule has 1 saturated heterocycles. The Hall–Kier alpha value is -0.870. The van der Waals surface area contributed by atoms with Crippen molar-refractivity contribution in [1.29, 1.82) is 0 Å². The molecule has 1 fully saturated rings. The molecule has 5 heteroatoms. The minimum absolute atomic E-state index is 0.376. The third-order valence-corrected chi connectivity index (χ3v) is 1.94. The van der Waals surface area contributed by atoms with Crippen LogP contribution in [-0.2, 0) is 0 Å². The predicted octanol–water partition coefficient (Wildman–Crippen LogP) is 1.45. The van der Waals surface area contributed by atoms with Crippen LogP contribution in [0.1, 0.15) is 19.8 Å². The Morgan fingerprint density at radius 2 is 2.00 bits per heavy atom. The number of alkyl halides is 2. The number of carbonyl (C=O) groups is 1. The minimum atomic E-state index is -2.82. The monoisotopic (exact) mass is 192 g/mol. The van der Waals surface area contributed by atoms with Gasteiger partial charge in [-0.2, -0.15) is 0 Å². The van der Waals surface area contributed by atoms with Gasteiger partial charge in [-0.15, -0.1) is 0 Å². The molecule has 1 N–H and O–H groups in total. The molecule has 76 valence electrons. The Morgan fingerprint density at radius 1 is 1.46 bits per heavy atom. The third kappa shape index (κ3) is 3.57. The molecule has 1 rings (SSSR count). The van der Waals surface area contributed by atoms with E-state index in [1.165, 1.54) is 0 Å². The van der Waals surface area contributed by atoms with Crippen LogP contribution in [0.25, 0.3) is 0 Å². The van der Waals surface area contributed by atoms with Gasteiger partial charge in [0.25, 0.3) is 5.92 Å². The fraction of sp³-hybridized carbons (Fsp3) is 0.875. The highest BCUT2D eigenvalue weighted by Crippen LogP contribution is 2.10.